The number of carboxylic acid groups (broad SMARTS) is 1. The fraction of sp³-hybridized carbons (Fsp3) is 0.263. The van der Waals surface area contributed by atoms with Crippen LogP contribution in [0.15, 0.2) is 48.5 Å². The lowest BCUT2D eigenvalue weighted by Gasteiger charge is -2.22. The highest BCUT2D eigenvalue weighted by molar-refractivity contribution is 5.78. The Bertz CT molecular complexity index is 710. The van der Waals surface area contributed by atoms with Gasteiger partial charge in [-0.3, -0.25) is 4.79 Å². The van der Waals surface area contributed by atoms with Crippen LogP contribution in [0.2, 0.25) is 0 Å². The fourth-order valence-electron chi connectivity index (χ4n) is 3.00. The summed E-state index contributed by atoms with van der Waals surface area (Å²) >= 11 is 0. The fourth-order valence-corrected chi connectivity index (χ4v) is 3.00. The maximum Gasteiger partial charge on any atom is 0.318 e. The minimum absolute atomic E-state index is 0.0615. The maximum atomic E-state index is 12.5. The summed E-state index contributed by atoms with van der Waals surface area (Å²) in [6.45, 7) is 1.44. The number of fused-ring (bicyclic) bond motifs is 3. The van der Waals surface area contributed by atoms with Crippen molar-refractivity contribution in [1.29, 1.82) is 0 Å². The molecular formula is C19H20N2O3. The molecule has 0 radical (unpaired) electrons. The molecule has 3 rings (SSSR count). The number of urea groups is 1. The summed E-state index contributed by atoms with van der Waals surface area (Å²) in [5, 5.41) is 11.5. The molecule has 24 heavy (non-hydrogen) atoms. The third kappa shape index (κ3) is 3.56. The van der Waals surface area contributed by atoms with Crippen molar-refractivity contribution in [2.24, 2.45) is 0 Å². The van der Waals surface area contributed by atoms with E-state index in [1.54, 1.807) is 4.90 Å². The third-order valence-corrected chi connectivity index (χ3v) is 4.18. The number of amides is 2. The van der Waals surface area contributed by atoms with Crippen molar-refractivity contribution in [2.75, 3.05) is 6.54 Å². The normalized spacial score (nSPS) is 12.8. The van der Waals surface area contributed by atoms with Gasteiger partial charge in [-0.05, 0) is 28.7 Å². The Kier molecular flexibility index (Phi) is 4.79. The van der Waals surface area contributed by atoms with E-state index in [1.807, 2.05) is 36.4 Å². The lowest BCUT2D eigenvalue weighted by atomic mass is 9.97. The van der Waals surface area contributed by atoms with Crippen LogP contribution in [0.3, 0.4) is 0 Å². The Morgan fingerprint density at radius 2 is 1.50 bits per heavy atom. The second-order valence-corrected chi connectivity index (χ2v) is 5.90. The number of aliphatic carboxylic acids is 1. The van der Waals surface area contributed by atoms with Crippen LogP contribution < -0.4 is 5.32 Å². The smallest absolute Gasteiger partial charge is 0.318 e. The van der Waals surface area contributed by atoms with E-state index >= 15 is 0 Å². The van der Waals surface area contributed by atoms with Crippen LogP contribution in [-0.2, 0) is 17.9 Å². The number of hydrogen-bond donors (Lipinski definition) is 2. The summed E-state index contributed by atoms with van der Waals surface area (Å²) in [4.78, 5) is 24.8. The molecule has 1 aliphatic heterocycles. The lowest BCUT2D eigenvalue weighted by Crippen LogP contribution is -2.39. The average Bonchev–Trinajstić information content (AvgIpc) is 2.75. The second kappa shape index (κ2) is 7.17. The first-order chi connectivity index (χ1) is 11.6. The number of benzene rings is 2. The predicted molar refractivity (Wildman–Crippen MR) is 91.4 cm³/mol. The summed E-state index contributed by atoms with van der Waals surface area (Å²) in [6.07, 6.45) is 0.494. The molecule has 0 aliphatic carbocycles. The molecule has 0 fully saturated rings. The molecule has 5 nitrogen and oxygen atoms in total. The van der Waals surface area contributed by atoms with Crippen LogP contribution in [-0.4, -0.2) is 28.6 Å². The van der Waals surface area contributed by atoms with Gasteiger partial charge in [0.05, 0.1) is 0 Å². The minimum atomic E-state index is -0.845. The molecule has 2 aromatic carbocycles. The largest absolute Gasteiger partial charge is 0.481 e. The van der Waals surface area contributed by atoms with E-state index in [2.05, 4.69) is 17.4 Å². The molecule has 0 saturated carbocycles. The average molecular weight is 324 g/mol. The zero-order chi connectivity index (χ0) is 16.9. The van der Waals surface area contributed by atoms with Gasteiger partial charge in [0.15, 0.2) is 0 Å². The quantitative estimate of drug-likeness (QED) is 0.848. The Labute approximate surface area is 140 Å². The molecule has 5 heteroatoms. The molecular weight excluding hydrogens is 304 g/mol. The van der Waals surface area contributed by atoms with E-state index < -0.39 is 5.97 Å². The molecule has 0 spiro atoms. The Morgan fingerprint density at radius 1 is 0.958 bits per heavy atom. The molecule has 2 N–H and O–H groups in total. The van der Waals surface area contributed by atoms with Crippen LogP contribution in [0.1, 0.15) is 24.0 Å². The van der Waals surface area contributed by atoms with Gasteiger partial charge in [-0.1, -0.05) is 48.5 Å². The standard InChI is InChI=1S/C19H20N2O3/c22-18(23)10-5-11-20-19(24)21-12-14-6-1-3-8-16(14)17-9-4-2-7-15(17)13-21/h1-4,6-9H,5,10-13H2,(H,20,24)(H,22,23). The third-order valence-electron chi connectivity index (χ3n) is 4.18. The van der Waals surface area contributed by atoms with E-state index in [4.69, 9.17) is 5.11 Å². The molecule has 2 amide bonds. The highest BCUT2D eigenvalue weighted by Gasteiger charge is 2.22. The first-order valence-corrected chi connectivity index (χ1v) is 8.06. The van der Waals surface area contributed by atoms with Crippen molar-refractivity contribution in [1.82, 2.24) is 10.2 Å². The molecule has 0 aromatic heterocycles. The summed E-state index contributed by atoms with van der Waals surface area (Å²) in [7, 11) is 0. The molecule has 0 saturated heterocycles. The monoisotopic (exact) mass is 324 g/mol. The van der Waals surface area contributed by atoms with Gasteiger partial charge in [-0.25, -0.2) is 4.79 Å². The Morgan fingerprint density at radius 3 is 2.04 bits per heavy atom. The highest BCUT2D eigenvalue weighted by Crippen LogP contribution is 2.32. The van der Waals surface area contributed by atoms with Gasteiger partial charge in [0.25, 0.3) is 0 Å². The number of nitrogens with one attached hydrogen (secondary N) is 1. The molecule has 1 heterocycles. The minimum Gasteiger partial charge on any atom is -0.481 e. The molecule has 1 aliphatic rings. The zero-order valence-electron chi connectivity index (χ0n) is 13.4. The molecule has 2 aromatic rings. The van der Waals surface area contributed by atoms with Crippen LogP contribution in [0.4, 0.5) is 4.79 Å². The first kappa shape index (κ1) is 16.1. The Hall–Kier alpha value is -2.82. The molecule has 124 valence electrons. The SMILES string of the molecule is O=C(O)CCCNC(=O)N1Cc2ccccc2-c2ccccc2C1. The number of carbonyl (C=O) groups excluding carboxylic acids is 1. The number of nitrogens with zero attached hydrogens (tertiary/aromatic N) is 1. The highest BCUT2D eigenvalue weighted by atomic mass is 16.4. The summed E-state index contributed by atoms with van der Waals surface area (Å²) in [6, 6.07) is 16.1. The van der Waals surface area contributed by atoms with Crippen molar-refractivity contribution < 1.29 is 14.7 Å². The second-order valence-electron chi connectivity index (χ2n) is 5.90. The zero-order valence-corrected chi connectivity index (χ0v) is 13.4. The summed E-state index contributed by atoms with van der Waals surface area (Å²) in [5.41, 5.74) is 4.55. The van der Waals surface area contributed by atoms with Crippen molar-refractivity contribution in [2.45, 2.75) is 25.9 Å². The van der Waals surface area contributed by atoms with Crippen molar-refractivity contribution >= 4 is 12.0 Å². The van der Waals surface area contributed by atoms with Crippen LogP contribution in [0.5, 0.6) is 0 Å². The lowest BCUT2D eigenvalue weighted by molar-refractivity contribution is -0.137. The Balaban J connectivity index is 1.77. The van der Waals surface area contributed by atoms with E-state index in [-0.39, 0.29) is 12.5 Å². The van der Waals surface area contributed by atoms with Crippen molar-refractivity contribution in [3.05, 3.63) is 59.7 Å². The first-order valence-electron chi connectivity index (χ1n) is 8.06. The number of carbonyl (C=O) groups is 2. The van der Waals surface area contributed by atoms with Gasteiger partial charge < -0.3 is 15.3 Å². The van der Waals surface area contributed by atoms with Gasteiger partial charge >= 0.3 is 12.0 Å². The van der Waals surface area contributed by atoms with Gasteiger partial charge in [0.2, 0.25) is 0 Å². The predicted octanol–water partition coefficient (Wildman–Crippen LogP) is 3.24. The van der Waals surface area contributed by atoms with Crippen LogP contribution in [0, 0.1) is 0 Å². The number of hydrogen-bond acceptors (Lipinski definition) is 2. The molecule has 0 unspecified atom stereocenters. The summed E-state index contributed by atoms with van der Waals surface area (Å²) < 4.78 is 0. The van der Waals surface area contributed by atoms with Crippen LogP contribution in [0.25, 0.3) is 11.1 Å². The molecule has 0 bridgehead atoms. The van der Waals surface area contributed by atoms with Gasteiger partial charge in [0, 0.05) is 26.1 Å². The van der Waals surface area contributed by atoms with E-state index in [0.29, 0.717) is 26.1 Å². The summed E-state index contributed by atoms with van der Waals surface area (Å²) in [5.74, 6) is -0.845. The molecule has 0 atom stereocenters. The van der Waals surface area contributed by atoms with E-state index in [0.717, 1.165) is 22.3 Å². The van der Waals surface area contributed by atoms with Gasteiger partial charge in [-0.2, -0.15) is 0 Å². The van der Waals surface area contributed by atoms with Crippen LogP contribution >= 0.6 is 0 Å². The van der Waals surface area contributed by atoms with E-state index in [1.165, 1.54) is 0 Å². The van der Waals surface area contributed by atoms with Crippen molar-refractivity contribution in [3.8, 4) is 11.1 Å². The van der Waals surface area contributed by atoms with E-state index in [9.17, 15) is 9.59 Å². The van der Waals surface area contributed by atoms with Gasteiger partial charge in [-0.15, -0.1) is 0 Å². The van der Waals surface area contributed by atoms with Crippen molar-refractivity contribution in [3.63, 3.8) is 0 Å². The van der Waals surface area contributed by atoms with Gasteiger partial charge in [0.1, 0.15) is 0 Å². The maximum absolute atomic E-state index is 12.5. The topological polar surface area (TPSA) is 69.6 Å². The number of carboxylic acids is 1. The number of rotatable bonds is 4.